The van der Waals surface area contributed by atoms with Crippen LogP contribution in [0.1, 0.15) is 40.7 Å². The van der Waals surface area contributed by atoms with E-state index in [9.17, 15) is 9.59 Å². The van der Waals surface area contributed by atoms with Crippen molar-refractivity contribution in [3.8, 4) is 23.0 Å². The Balaban J connectivity index is 1.74. The summed E-state index contributed by atoms with van der Waals surface area (Å²) < 4.78 is 21.5. The summed E-state index contributed by atoms with van der Waals surface area (Å²) in [6.07, 6.45) is 0.466. The Morgan fingerprint density at radius 1 is 1.07 bits per heavy atom. The highest BCUT2D eigenvalue weighted by molar-refractivity contribution is 6.04. The molecule has 0 fully saturated rings. The van der Waals surface area contributed by atoms with Crippen LogP contribution in [0.3, 0.4) is 0 Å². The lowest BCUT2D eigenvalue weighted by atomic mass is 9.97. The minimum atomic E-state index is -0.368. The lowest BCUT2D eigenvalue weighted by Crippen LogP contribution is -2.21. The van der Waals surface area contributed by atoms with E-state index in [1.807, 2.05) is 19.9 Å². The van der Waals surface area contributed by atoms with Crippen molar-refractivity contribution in [1.29, 1.82) is 0 Å². The number of nitrogens with one attached hydrogen (secondary N) is 1. The van der Waals surface area contributed by atoms with Crippen LogP contribution in [0.4, 0.5) is 5.69 Å². The van der Waals surface area contributed by atoms with Gasteiger partial charge in [-0.05, 0) is 30.0 Å². The van der Waals surface area contributed by atoms with Crippen LogP contribution in [0.5, 0.6) is 23.0 Å². The standard InChI is InChI=1S/C22H25NO6/c1-12-6-7-16(21-15(24)8-13(2)20(12)21)29-11-19(25)23-14-9-17(26-3)22(28-5)18(10-14)27-4/h6-7,9-10,13H,8,11H2,1-5H3,(H,23,25). The van der Waals surface area contributed by atoms with E-state index in [0.29, 0.717) is 40.7 Å². The fraction of sp³-hybridized carbons (Fsp3) is 0.364. The number of rotatable bonds is 7. The fourth-order valence-electron chi connectivity index (χ4n) is 3.72. The normalized spacial score (nSPS) is 14.9. The second-order valence-electron chi connectivity index (χ2n) is 6.95. The van der Waals surface area contributed by atoms with Gasteiger partial charge in [0, 0.05) is 24.2 Å². The zero-order chi connectivity index (χ0) is 21.1. The molecule has 0 radical (unpaired) electrons. The Morgan fingerprint density at radius 3 is 2.31 bits per heavy atom. The lowest BCUT2D eigenvalue weighted by Gasteiger charge is -2.15. The molecule has 1 unspecified atom stereocenters. The first-order valence-corrected chi connectivity index (χ1v) is 9.28. The largest absolute Gasteiger partial charge is 0.493 e. The monoisotopic (exact) mass is 399 g/mol. The van der Waals surface area contributed by atoms with Crippen LogP contribution in [-0.2, 0) is 4.79 Å². The molecule has 1 atom stereocenters. The number of ketones is 1. The van der Waals surface area contributed by atoms with E-state index in [1.165, 1.54) is 21.3 Å². The first kappa shape index (κ1) is 20.5. The maximum Gasteiger partial charge on any atom is 0.262 e. The second-order valence-corrected chi connectivity index (χ2v) is 6.95. The molecule has 0 aliphatic heterocycles. The Hall–Kier alpha value is -3.22. The predicted octanol–water partition coefficient (Wildman–Crippen LogP) is 3.73. The molecule has 29 heavy (non-hydrogen) atoms. The number of ether oxygens (including phenoxy) is 4. The average Bonchev–Trinajstić information content (AvgIpc) is 3.01. The van der Waals surface area contributed by atoms with E-state index < -0.39 is 0 Å². The summed E-state index contributed by atoms with van der Waals surface area (Å²) in [7, 11) is 4.51. The van der Waals surface area contributed by atoms with Gasteiger partial charge in [0.1, 0.15) is 5.75 Å². The Labute approximate surface area is 169 Å². The van der Waals surface area contributed by atoms with Gasteiger partial charge in [0.15, 0.2) is 23.9 Å². The van der Waals surface area contributed by atoms with E-state index in [4.69, 9.17) is 18.9 Å². The van der Waals surface area contributed by atoms with E-state index in [2.05, 4.69) is 5.32 Å². The van der Waals surface area contributed by atoms with Gasteiger partial charge in [-0.2, -0.15) is 0 Å². The number of anilines is 1. The lowest BCUT2D eigenvalue weighted by molar-refractivity contribution is -0.118. The minimum absolute atomic E-state index is 0.0521. The molecule has 0 aromatic heterocycles. The van der Waals surface area contributed by atoms with Crippen molar-refractivity contribution in [2.75, 3.05) is 33.3 Å². The zero-order valence-corrected chi connectivity index (χ0v) is 17.3. The van der Waals surface area contributed by atoms with Crippen LogP contribution in [0.25, 0.3) is 0 Å². The third-order valence-electron chi connectivity index (χ3n) is 5.00. The summed E-state index contributed by atoms with van der Waals surface area (Å²) in [6, 6.07) is 6.93. The molecule has 3 rings (SSSR count). The van der Waals surface area contributed by atoms with Gasteiger partial charge in [-0.15, -0.1) is 0 Å². The average molecular weight is 399 g/mol. The Bertz CT molecular complexity index is 928. The zero-order valence-electron chi connectivity index (χ0n) is 17.3. The number of hydrogen-bond acceptors (Lipinski definition) is 6. The number of Topliss-reactive ketones (excluding diaryl/α,β-unsaturated/α-hetero) is 1. The molecule has 7 nitrogen and oxygen atoms in total. The van der Waals surface area contributed by atoms with Gasteiger partial charge in [-0.25, -0.2) is 0 Å². The SMILES string of the molecule is COc1cc(NC(=O)COc2ccc(C)c3c2C(=O)CC3C)cc(OC)c1OC. The molecule has 1 N–H and O–H groups in total. The van der Waals surface area contributed by atoms with Crippen molar-refractivity contribution in [1.82, 2.24) is 0 Å². The van der Waals surface area contributed by atoms with E-state index >= 15 is 0 Å². The van der Waals surface area contributed by atoms with Gasteiger partial charge >= 0.3 is 0 Å². The van der Waals surface area contributed by atoms with Crippen molar-refractivity contribution < 1.29 is 28.5 Å². The first-order chi connectivity index (χ1) is 13.9. The maximum absolute atomic E-state index is 12.4. The smallest absolute Gasteiger partial charge is 0.262 e. The molecule has 1 aliphatic carbocycles. The van der Waals surface area contributed by atoms with Gasteiger partial charge in [0.05, 0.1) is 26.9 Å². The molecule has 0 saturated carbocycles. The van der Waals surface area contributed by atoms with Crippen molar-refractivity contribution in [2.45, 2.75) is 26.2 Å². The molecule has 0 bridgehead atoms. The van der Waals surface area contributed by atoms with Crippen LogP contribution in [0.15, 0.2) is 24.3 Å². The Kier molecular flexibility index (Phi) is 5.96. The maximum atomic E-state index is 12.4. The van der Waals surface area contributed by atoms with Crippen LogP contribution < -0.4 is 24.3 Å². The highest BCUT2D eigenvalue weighted by Gasteiger charge is 2.31. The summed E-state index contributed by atoms with van der Waals surface area (Å²) in [4.78, 5) is 24.8. The number of benzene rings is 2. The van der Waals surface area contributed by atoms with Crippen molar-refractivity contribution in [2.24, 2.45) is 0 Å². The molecule has 1 amide bonds. The third kappa shape index (κ3) is 3.99. The van der Waals surface area contributed by atoms with E-state index in [0.717, 1.165) is 11.1 Å². The molecule has 2 aromatic rings. The third-order valence-corrected chi connectivity index (χ3v) is 5.00. The van der Waals surface area contributed by atoms with Crippen LogP contribution >= 0.6 is 0 Å². The number of hydrogen-bond donors (Lipinski definition) is 1. The number of aryl methyl sites for hydroxylation is 1. The number of carbonyl (C=O) groups excluding carboxylic acids is 2. The van der Waals surface area contributed by atoms with Gasteiger partial charge in [-0.3, -0.25) is 9.59 Å². The van der Waals surface area contributed by atoms with Crippen molar-refractivity contribution in [3.05, 3.63) is 41.0 Å². The van der Waals surface area contributed by atoms with Crippen LogP contribution in [0, 0.1) is 6.92 Å². The second kappa shape index (κ2) is 8.43. The summed E-state index contributed by atoms with van der Waals surface area (Å²) in [5, 5.41) is 2.75. The van der Waals surface area contributed by atoms with E-state index in [1.54, 1.807) is 18.2 Å². The summed E-state index contributed by atoms with van der Waals surface area (Å²) >= 11 is 0. The summed E-state index contributed by atoms with van der Waals surface area (Å²) in [6.45, 7) is 3.78. The van der Waals surface area contributed by atoms with Gasteiger partial charge in [0.2, 0.25) is 5.75 Å². The highest BCUT2D eigenvalue weighted by Crippen LogP contribution is 2.41. The number of amides is 1. The van der Waals surface area contributed by atoms with Gasteiger partial charge < -0.3 is 24.3 Å². The van der Waals surface area contributed by atoms with Crippen LogP contribution in [0.2, 0.25) is 0 Å². The predicted molar refractivity (Wildman–Crippen MR) is 109 cm³/mol. The first-order valence-electron chi connectivity index (χ1n) is 9.28. The van der Waals surface area contributed by atoms with Crippen molar-refractivity contribution >= 4 is 17.4 Å². The van der Waals surface area contributed by atoms with Gasteiger partial charge in [-0.1, -0.05) is 13.0 Å². The molecule has 7 heteroatoms. The molecule has 0 spiro atoms. The minimum Gasteiger partial charge on any atom is -0.493 e. The molecule has 0 heterocycles. The summed E-state index contributed by atoms with van der Waals surface area (Å²) in [5.74, 6) is 1.59. The number of methoxy groups -OCH3 is 3. The quantitative estimate of drug-likeness (QED) is 0.764. The van der Waals surface area contributed by atoms with Crippen LogP contribution in [-0.4, -0.2) is 39.6 Å². The fourth-order valence-corrected chi connectivity index (χ4v) is 3.72. The van der Waals surface area contributed by atoms with E-state index in [-0.39, 0.29) is 24.2 Å². The summed E-state index contributed by atoms with van der Waals surface area (Å²) in [5.41, 5.74) is 3.15. The Morgan fingerprint density at radius 2 is 1.72 bits per heavy atom. The molecule has 2 aromatic carbocycles. The van der Waals surface area contributed by atoms with Crippen molar-refractivity contribution in [3.63, 3.8) is 0 Å². The topological polar surface area (TPSA) is 83.1 Å². The molecular formula is C22H25NO6. The molecule has 0 saturated heterocycles. The molecule has 1 aliphatic rings. The number of carbonyl (C=O) groups is 2. The van der Waals surface area contributed by atoms with Gasteiger partial charge in [0.25, 0.3) is 5.91 Å². The molecular weight excluding hydrogens is 374 g/mol. The number of fused-ring (bicyclic) bond motifs is 1. The highest BCUT2D eigenvalue weighted by atomic mass is 16.5. The molecule has 154 valence electrons.